The van der Waals surface area contributed by atoms with Crippen molar-refractivity contribution < 1.29 is 42.0 Å². The second kappa shape index (κ2) is 12.5. The normalized spacial score (nSPS) is 25.8. The number of benzene rings is 3. The molecule has 268 valence electrons. The molecule has 4 aromatic rings. The average Bonchev–Trinajstić information content (AvgIpc) is 3.85. The van der Waals surface area contributed by atoms with Gasteiger partial charge < -0.3 is 19.8 Å². The van der Waals surface area contributed by atoms with E-state index >= 15 is 0 Å². The molecule has 17 heteroatoms. The first-order valence-corrected chi connectivity index (χ1v) is 17.8. The average molecular weight is 753 g/mol. The molecule has 3 heterocycles. The van der Waals surface area contributed by atoms with Crippen LogP contribution in [0, 0.1) is 39.7 Å². The van der Waals surface area contributed by atoms with Crippen LogP contribution in [0.1, 0.15) is 28.3 Å². The second-order valence-corrected chi connectivity index (χ2v) is 15.2. The zero-order valence-electron chi connectivity index (χ0n) is 26.9. The SMILES string of the molecule is COc1cc([C@H]2c3sc(=O)[nH]c3SC3C4CC(C5C(=O)N(c6ccc([N+](=O)[O-])cc6)C(=O)C45)C32)ccc1OCC(=O)Nc1ccccc1C(F)(F)F. The van der Waals surface area contributed by atoms with Crippen molar-refractivity contribution in [1.82, 2.24) is 4.98 Å². The summed E-state index contributed by atoms with van der Waals surface area (Å²) >= 11 is 2.60. The molecule has 6 unspecified atom stereocenters. The molecule has 4 aliphatic rings. The molecule has 3 fully saturated rings. The van der Waals surface area contributed by atoms with E-state index in [4.69, 9.17) is 9.47 Å². The lowest BCUT2D eigenvalue weighted by atomic mass is 9.68. The lowest BCUT2D eigenvalue weighted by Gasteiger charge is -2.43. The van der Waals surface area contributed by atoms with Gasteiger partial charge in [-0.15, -0.1) is 11.8 Å². The number of H-pyrrole nitrogens is 1. The lowest BCUT2D eigenvalue weighted by molar-refractivity contribution is -0.384. The van der Waals surface area contributed by atoms with Crippen molar-refractivity contribution in [3.8, 4) is 11.5 Å². The van der Waals surface area contributed by atoms with Crippen LogP contribution in [0.15, 0.2) is 76.6 Å². The maximum absolute atomic E-state index is 14.0. The number of aromatic nitrogens is 1. The van der Waals surface area contributed by atoms with Gasteiger partial charge in [0.25, 0.3) is 11.6 Å². The Hall–Kier alpha value is -5.16. The molecule has 1 saturated heterocycles. The molecule has 2 saturated carbocycles. The highest BCUT2D eigenvalue weighted by molar-refractivity contribution is 8.00. The summed E-state index contributed by atoms with van der Waals surface area (Å²) in [6.45, 7) is -0.607. The number of carbonyl (C=O) groups is 3. The summed E-state index contributed by atoms with van der Waals surface area (Å²) in [6.07, 6.45) is -4.02. The number of rotatable bonds is 8. The molecule has 2 aliphatic carbocycles. The number of nitro benzene ring substituents is 1. The number of carbonyl (C=O) groups excluding carboxylic acids is 3. The third kappa shape index (κ3) is 5.44. The predicted octanol–water partition coefficient (Wildman–Crippen LogP) is 6.07. The Morgan fingerprint density at radius 3 is 2.42 bits per heavy atom. The van der Waals surface area contributed by atoms with Gasteiger partial charge in [0, 0.05) is 28.2 Å². The van der Waals surface area contributed by atoms with Gasteiger partial charge in [-0.2, -0.15) is 13.2 Å². The van der Waals surface area contributed by atoms with Gasteiger partial charge >= 0.3 is 11.0 Å². The highest BCUT2D eigenvalue weighted by atomic mass is 32.2. The Kier molecular flexibility index (Phi) is 8.17. The Balaban J connectivity index is 1.07. The van der Waals surface area contributed by atoms with Gasteiger partial charge in [-0.05, 0) is 66.1 Å². The van der Waals surface area contributed by atoms with Crippen molar-refractivity contribution in [1.29, 1.82) is 0 Å². The number of amides is 3. The molecular weight excluding hydrogens is 726 g/mol. The van der Waals surface area contributed by atoms with Gasteiger partial charge in [-0.1, -0.05) is 29.5 Å². The standard InChI is InChI=1S/C35H27F3N4O8S2/c1-49-23-12-15(6-11-22(23)50-14-24(43)39-21-5-3-2-4-20(21)35(36,37)38)25-26-18-13-19(29(26)51-31-30(25)52-34(46)40-31)28-27(18)32(44)41(33(28)45)16-7-9-17(10-8-16)42(47)48/h2-12,18-19,25-29H,13-14H2,1H3,(H,39,43)(H,40,46)/t18?,19?,25-,26?,27?,28?,29?/m1/s1. The zero-order chi connectivity index (χ0) is 36.6. The van der Waals surface area contributed by atoms with Gasteiger partial charge in [-0.25, -0.2) is 0 Å². The summed E-state index contributed by atoms with van der Waals surface area (Å²) in [7, 11) is 1.41. The van der Waals surface area contributed by atoms with Crippen LogP contribution in [0.5, 0.6) is 11.5 Å². The van der Waals surface area contributed by atoms with E-state index in [-0.39, 0.29) is 68.5 Å². The fourth-order valence-electron chi connectivity index (χ4n) is 8.53. The molecule has 8 rings (SSSR count). The number of imide groups is 1. The minimum atomic E-state index is -4.67. The number of nitrogens with zero attached hydrogens (tertiary/aromatic N) is 2. The summed E-state index contributed by atoms with van der Waals surface area (Å²) in [5, 5.41) is 14.0. The molecule has 52 heavy (non-hydrogen) atoms. The molecule has 12 nitrogen and oxygen atoms in total. The van der Waals surface area contributed by atoms with Crippen LogP contribution in [0.2, 0.25) is 0 Å². The van der Waals surface area contributed by atoms with E-state index in [9.17, 15) is 42.5 Å². The molecule has 2 N–H and O–H groups in total. The first kappa shape index (κ1) is 34.0. The van der Waals surface area contributed by atoms with E-state index in [1.807, 2.05) is 0 Å². The van der Waals surface area contributed by atoms with Crippen LogP contribution in [-0.4, -0.2) is 46.6 Å². The largest absolute Gasteiger partial charge is 0.493 e. The van der Waals surface area contributed by atoms with Crippen molar-refractivity contribution in [3.05, 3.63) is 103 Å². The number of ether oxygens (including phenoxy) is 2. The van der Waals surface area contributed by atoms with Gasteiger partial charge in [-0.3, -0.25) is 34.2 Å². The van der Waals surface area contributed by atoms with Gasteiger partial charge in [0.05, 0.1) is 45.8 Å². The molecule has 3 amide bonds. The molecule has 1 aromatic heterocycles. The zero-order valence-corrected chi connectivity index (χ0v) is 28.6. The number of aromatic amines is 1. The number of thioether (sulfide) groups is 1. The predicted molar refractivity (Wildman–Crippen MR) is 183 cm³/mol. The second-order valence-electron chi connectivity index (χ2n) is 13.0. The van der Waals surface area contributed by atoms with E-state index in [2.05, 4.69) is 10.3 Å². The highest BCUT2D eigenvalue weighted by Gasteiger charge is 2.69. The lowest BCUT2D eigenvalue weighted by Crippen LogP contribution is -2.42. The minimum Gasteiger partial charge on any atom is -0.493 e. The number of methoxy groups -OCH3 is 1. The number of hydrogen-bond acceptors (Lipinski definition) is 10. The third-order valence-corrected chi connectivity index (χ3v) is 13.0. The van der Waals surface area contributed by atoms with Crippen LogP contribution in [0.25, 0.3) is 0 Å². The van der Waals surface area contributed by atoms with E-state index in [1.54, 1.807) is 18.2 Å². The number of para-hydroxylation sites is 1. The number of alkyl halides is 3. The maximum Gasteiger partial charge on any atom is 0.418 e. The number of non-ortho nitro benzene ring substituents is 1. The third-order valence-electron chi connectivity index (χ3n) is 10.5. The summed E-state index contributed by atoms with van der Waals surface area (Å²) in [4.78, 5) is 68.5. The summed E-state index contributed by atoms with van der Waals surface area (Å²) in [6, 6.07) is 15.0. The molecule has 2 aliphatic heterocycles. The summed E-state index contributed by atoms with van der Waals surface area (Å²) in [5.74, 6) is -3.09. The summed E-state index contributed by atoms with van der Waals surface area (Å²) < 4.78 is 51.6. The Bertz CT molecular complexity index is 2210. The smallest absolute Gasteiger partial charge is 0.418 e. The molecule has 7 atom stereocenters. The van der Waals surface area contributed by atoms with Crippen molar-refractivity contribution in [3.63, 3.8) is 0 Å². The van der Waals surface area contributed by atoms with Crippen LogP contribution >= 0.6 is 23.1 Å². The molecule has 0 radical (unpaired) electrons. The van der Waals surface area contributed by atoms with Crippen molar-refractivity contribution in [2.45, 2.75) is 28.8 Å². The Morgan fingerprint density at radius 2 is 1.73 bits per heavy atom. The Labute approximate surface area is 300 Å². The fraction of sp³-hybridized carbons (Fsp3) is 0.314. The number of fused-ring (bicyclic) bond motifs is 9. The van der Waals surface area contributed by atoms with Crippen LogP contribution < -0.4 is 24.6 Å². The first-order chi connectivity index (χ1) is 24.8. The number of halogens is 3. The van der Waals surface area contributed by atoms with Gasteiger partial charge in [0.2, 0.25) is 11.8 Å². The highest BCUT2D eigenvalue weighted by Crippen LogP contribution is 2.69. The van der Waals surface area contributed by atoms with Gasteiger partial charge in [0.15, 0.2) is 18.1 Å². The van der Waals surface area contributed by atoms with Crippen LogP contribution in [0.3, 0.4) is 0 Å². The Morgan fingerprint density at radius 1 is 1.02 bits per heavy atom. The number of thiazole rings is 1. The number of nitro groups is 1. The number of anilines is 2. The minimum absolute atomic E-state index is 0.104. The topological polar surface area (TPSA) is 161 Å². The maximum atomic E-state index is 14.0. The van der Waals surface area contributed by atoms with Crippen molar-refractivity contribution >= 4 is 57.9 Å². The molecule has 0 spiro atoms. The number of nitrogens with one attached hydrogen (secondary N) is 2. The quantitative estimate of drug-likeness (QED) is 0.124. The molecular formula is C35H27F3N4O8S2. The molecule has 2 bridgehead atoms. The van der Waals surface area contributed by atoms with E-state index < -0.39 is 46.7 Å². The summed E-state index contributed by atoms with van der Waals surface area (Å²) in [5.41, 5.74) is -0.509. The first-order valence-electron chi connectivity index (χ1n) is 16.1. The number of hydrogen-bond donors (Lipinski definition) is 2. The van der Waals surface area contributed by atoms with E-state index in [1.165, 1.54) is 55.3 Å². The van der Waals surface area contributed by atoms with Gasteiger partial charge in [0.1, 0.15) is 0 Å². The van der Waals surface area contributed by atoms with E-state index in [0.717, 1.165) is 38.8 Å². The fourth-order valence-corrected chi connectivity index (χ4v) is 11.4. The molecule has 3 aromatic carbocycles. The monoisotopic (exact) mass is 752 g/mol. The van der Waals surface area contributed by atoms with E-state index in [0.29, 0.717) is 11.4 Å². The van der Waals surface area contributed by atoms with Crippen LogP contribution in [0.4, 0.5) is 30.2 Å². The van der Waals surface area contributed by atoms with Crippen molar-refractivity contribution in [2.24, 2.45) is 29.6 Å². The van der Waals surface area contributed by atoms with Crippen molar-refractivity contribution in [2.75, 3.05) is 23.9 Å². The van der Waals surface area contributed by atoms with Crippen LogP contribution in [-0.2, 0) is 20.6 Å².